The van der Waals surface area contributed by atoms with Gasteiger partial charge in [-0.05, 0) is 23.7 Å². The second-order valence-electron chi connectivity index (χ2n) is 4.98. The second-order valence-corrected chi connectivity index (χ2v) is 4.98. The first-order valence-corrected chi connectivity index (χ1v) is 6.89. The van der Waals surface area contributed by atoms with Gasteiger partial charge in [0.1, 0.15) is 0 Å². The summed E-state index contributed by atoms with van der Waals surface area (Å²) in [4.78, 5) is 2.26. The Kier molecular flexibility index (Phi) is 5.33. The molecule has 2 rings (SSSR count). The first kappa shape index (κ1) is 14.3. The van der Waals surface area contributed by atoms with Gasteiger partial charge < -0.3 is 0 Å². The summed E-state index contributed by atoms with van der Waals surface area (Å²) in [6.07, 6.45) is 4.34. The minimum absolute atomic E-state index is 0.878. The quantitative estimate of drug-likeness (QED) is 0.749. The second kappa shape index (κ2) is 7.46. The standard InChI is InChI=1S/C19H21N/c1-17(19-13-7-4-8-14-19)16-20(2)15-9-12-18-10-5-3-6-11-18/h3-14H,1,15-16H2,2H3. The number of nitrogens with zero attached hydrogens (tertiary/aromatic N) is 1. The van der Waals surface area contributed by atoms with Gasteiger partial charge in [0.2, 0.25) is 0 Å². The summed E-state index contributed by atoms with van der Waals surface area (Å²) in [5, 5.41) is 0. The van der Waals surface area contributed by atoms with E-state index in [1.807, 2.05) is 12.1 Å². The first-order valence-electron chi connectivity index (χ1n) is 6.89. The molecule has 0 radical (unpaired) electrons. The third-order valence-corrected chi connectivity index (χ3v) is 3.17. The van der Waals surface area contributed by atoms with Crippen molar-refractivity contribution >= 4 is 11.6 Å². The van der Waals surface area contributed by atoms with E-state index >= 15 is 0 Å². The lowest BCUT2D eigenvalue weighted by Gasteiger charge is -2.16. The summed E-state index contributed by atoms with van der Waals surface area (Å²) < 4.78 is 0. The van der Waals surface area contributed by atoms with E-state index in [-0.39, 0.29) is 0 Å². The molecule has 2 aromatic rings. The Balaban J connectivity index is 1.82. The molecule has 0 unspecified atom stereocenters. The van der Waals surface area contributed by atoms with E-state index in [2.05, 4.69) is 79.2 Å². The molecule has 1 heteroatoms. The lowest BCUT2D eigenvalue weighted by Crippen LogP contribution is -2.20. The summed E-state index contributed by atoms with van der Waals surface area (Å²) in [5.74, 6) is 0. The van der Waals surface area contributed by atoms with Gasteiger partial charge in [0.15, 0.2) is 0 Å². The summed E-state index contributed by atoms with van der Waals surface area (Å²) in [7, 11) is 2.11. The Labute approximate surface area is 121 Å². The van der Waals surface area contributed by atoms with Crippen LogP contribution in [0.5, 0.6) is 0 Å². The van der Waals surface area contributed by atoms with Gasteiger partial charge in [-0.2, -0.15) is 0 Å². The summed E-state index contributed by atoms with van der Waals surface area (Å²) in [6, 6.07) is 20.7. The average molecular weight is 263 g/mol. The lowest BCUT2D eigenvalue weighted by molar-refractivity contribution is 0.419. The third kappa shape index (κ3) is 4.52. The van der Waals surface area contributed by atoms with Crippen LogP contribution in [-0.2, 0) is 0 Å². The largest absolute Gasteiger partial charge is 0.298 e. The van der Waals surface area contributed by atoms with Crippen LogP contribution in [0.3, 0.4) is 0 Å². The molecule has 0 saturated carbocycles. The molecule has 0 aromatic heterocycles. The normalized spacial score (nSPS) is 11.1. The number of benzene rings is 2. The van der Waals surface area contributed by atoms with Crippen molar-refractivity contribution in [1.29, 1.82) is 0 Å². The van der Waals surface area contributed by atoms with Crippen molar-refractivity contribution in [3.63, 3.8) is 0 Å². The molecule has 20 heavy (non-hydrogen) atoms. The molecule has 0 spiro atoms. The lowest BCUT2D eigenvalue weighted by atomic mass is 10.1. The number of likely N-dealkylation sites (N-methyl/N-ethyl adjacent to an activating group) is 1. The molecule has 0 amide bonds. The topological polar surface area (TPSA) is 3.24 Å². The fourth-order valence-electron chi connectivity index (χ4n) is 2.09. The van der Waals surface area contributed by atoms with E-state index in [1.54, 1.807) is 0 Å². The fraction of sp³-hybridized carbons (Fsp3) is 0.158. The van der Waals surface area contributed by atoms with Crippen molar-refractivity contribution in [1.82, 2.24) is 4.90 Å². The maximum atomic E-state index is 4.17. The van der Waals surface area contributed by atoms with E-state index in [9.17, 15) is 0 Å². The molecule has 0 N–H and O–H groups in total. The molecule has 1 nitrogen and oxygen atoms in total. The third-order valence-electron chi connectivity index (χ3n) is 3.17. The van der Waals surface area contributed by atoms with Crippen LogP contribution in [0.1, 0.15) is 11.1 Å². The predicted octanol–water partition coefficient (Wildman–Crippen LogP) is 4.35. The molecular formula is C19H21N. The Morgan fingerprint density at radius 3 is 2.25 bits per heavy atom. The molecular weight excluding hydrogens is 242 g/mol. The minimum Gasteiger partial charge on any atom is -0.298 e. The Hall–Kier alpha value is -2.12. The molecule has 0 atom stereocenters. The Morgan fingerprint density at radius 1 is 1.00 bits per heavy atom. The highest BCUT2D eigenvalue weighted by molar-refractivity contribution is 5.64. The maximum absolute atomic E-state index is 4.17. The van der Waals surface area contributed by atoms with Crippen LogP contribution in [0.15, 0.2) is 73.3 Å². The van der Waals surface area contributed by atoms with E-state index in [4.69, 9.17) is 0 Å². The zero-order chi connectivity index (χ0) is 14.2. The number of hydrogen-bond donors (Lipinski definition) is 0. The van der Waals surface area contributed by atoms with Crippen molar-refractivity contribution in [2.45, 2.75) is 0 Å². The van der Waals surface area contributed by atoms with E-state index < -0.39 is 0 Å². The van der Waals surface area contributed by atoms with Crippen molar-refractivity contribution in [2.24, 2.45) is 0 Å². The monoisotopic (exact) mass is 263 g/mol. The maximum Gasteiger partial charge on any atom is 0.0234 e. The molecule has 0 aliphatic heterocycles. The molecule has 0 aliphatic rings. The summed E-state index contributed by atoms with van der Waals surface area (Å²) in [6.45, 7) is 5.96. The number of rotatable bonds is 6. The zero-order valence-corrected chi connectivity index (χ0v) is 12.0. The van der Waals surface area contributed by atoms with Gasteiger partial charge in [0.05, 0.1) is 0 Å². The molecule has 102 valence electrons. The van der Waals surface area contributed by atoms with Crippen molar-refractivity contribution in [2.75, 3.05) is 20.1 Å². The SMILES string of the molecule is C=C(CN(C)CC=Cc1ccccc1)c1ccccc1. The van der Waals surface area contributed by atoms with Gasteiger partial charge in [0.25, 0.3) is 0 Å². The Bertz CT molecular complexity index is 555. The molecule has 0 aliphatic carbocycles. The highest BCUT2D eigenvalue weighted by Gasteiger charge is 2.01. The van der Waals surface area contributed by atoms with Gasteiger partial charge in [0, 0.05) is 13.1 Å². The van der Waals surface area contributed by atoms with E-state index in [1.165, 1.54) is 11.1 Å². The molecule has 2 aromatic carbocycles. The van der Waals surface area contributed by atoms with Gasteiger partial charge in [-0.25, -0.2) is 0 Å². The predicted molar refractivity (Wildman–Crippen MR) is 88.4 cm³/mol. The van der Waals surface area contributed by atoms with Crippen LogP contribution in [0, 0.1) is 0 Å². The zero-order valence-electron chi connectivity index (χ0n) is 12.0. The molecule has 0 heterocycles. The van der Waals surface area contributed by atoms with Crippen molar-refractivity contribution in [3.05, 3.63) is 84.4 Å². The molecule has 0 fully saturated rings. The average Bonchev–Trinajstić information content (AvgIpc) is 2.49. The first-order chi connectivity index (χ1) is 9.75. The van der Waals surface area contributed by atoms with Crippen molar-refractivity contribution < 1.29 is 0 Å². The van der Waals surface area contributed by atoms with Crippen LogP contribution in [0.2, 0.25) is 0 Å². The minimum atomic E-state index is 0.878. The van der Waals surface area contributed by atoms with Gasteiger partial charge >= 0.3 is 0 Å². The highest BCUT2D eigenvalue weighted by Crippen LogP contribution is 2.12. The van der Waals surface area contributed by atoms with Crippen LogP contribution in [-0.4, -0.2) is 25.0 Å². The van der Waals surface area contributed by atoms with Gasteiger partial charge in [-0.3, -0.25) is 4.90 Å². The van der Waals surface area contributed by atoms with Crippen LogP contribution in [0.4, 0.5) is 0 Å². The fourth-order valence-corrected chi connectivity index (χ4v) is 2.09. The van der Waals surface area contributed by atoms with Crippen LogP contribution >= 0.6 is 0 Å². The summed E-state index contributed by atoms with van der Waals surface area (Å²) in [5.41, 5.74) is 3.61. The van der Waals surface area contributed by atoms with Crippen LogP contribution in [0.25, 0.3) is 11.6 Å². The Morgan fingerprint density at radius 2 is 1.60 bits per heavy atom. The summed E-state index contributed by atoms with van der Waals surface area (Å²) >= 11 is 0. The smallest absolute Gasteiger partial charge is 0.0234 e. The number of hydrogen-bond acceptors (Lipinski definition) is 1. The molecule has 0 saturated heterocycles. The highest BCUT2D eigenvalue weighted by atomic mass is 15.1. The van der Waals surface area contributed by atoms with Crippen molar-refractivity contribution in [3.8, 4) is 0 Å². The van der Waals surface area contributed by atoms with E-state index in [0.717, 1.165) is 18.7 Å². The van der Waals surface area contributed by atoms with E-state index in [0.29, 0.717) is 0 Å². The van der Waals surface area contributed by atoms with Gasteiger partial charge in [-0.1, -0.05) is 79.4 Å². The molecule has 0 bridgehead atoms. The van der Waals surface area contributed by atoms with Crippen LogP contribution < -0.4 is 0 Å². The van der Waals surface area contributed by atoms with Gasteiger partial charge in [-0.15, -0.1) is 0 Å².